The van der Waals surface area contributed by atoms with Crippen LogP contribution in [0.3, 0.4) is 0 Å². The smallest absolute Gasteiger partial charge is 1.00 e. The Labute approximate surface area is 563 Å². The SMILES string of the molecule is CCCOc1c2cc(C(C)(C)C)cc1Cc1cc(C(C)(C)C)cc(c1OCP(c1ccccc1)c1ccccc1)Cc1cc(C(C)(C)C)cc(c1OCCC)Cc1cc(C(C)(C)C)cc(c1OCP(c1ccccc1)c1ccccc1)C2.[Au+].[Au+].[Cl-].[Cl-]. The zero-order valence-corrected chi connectivity index (χ0v) is 60.8. The number of hydrogen-bond donors (Lipinski definition) is 0. The Hall–Kier alpha value is -4.12. The minimum Gasteiger partial charge on any atom is -1.00 e. The van der Waals surface area contributed by atoms with Gasteiger partial charge in [-0.1, -0.05) is 267 Å². The van der Waals surface area contributed by atoms with E-state index in [1.807, 2.05) is 0 Å². The molecule has 4 nitrogen and oxygen atoms in total. The van der Waals surface area contributed by atoms with Crippen LogP contribution in [0.1, 0.15) is 177 Å². The Kier molecular flexibility index (Phi) is 26.7. The number of rotatable bonds is 16. The second kappa shape index (κ2) is 31.6. The predicted molar refractivity (Wildman–Crippen MR) is 352 cm³/mol. The summed E-state index contributed by atoms with van der Waals surface area (Å²) in [5, 5.41) is 5.17. The monoisotopic (exact) mass is 1590 g/mol. The summed E-state index contributed by atoms with van der Waals surface area (Å²) < 4.78 is 29.8. The molecule has 8 aromatic carbocycles. The van der Waals surface area contributed by atoms with E-state index in [9.17, 15) is 0 Å². The van der Waals surface area contributed by atoms with Crippen molar-refractivity contribution in [3.8, 4) is 23.0 Å². The van der Waals surface area contributed by atoms with Crippen LogP contribution in [0.4, 0.5) is 0 Å². The summed E-state index contributed by atoms with van der Waals surface area (Å²) in [6.45, 7) is 33.8. The molecule has 10 heteroatoms. The molecule has 0 radical (unpaired) electrons. The van der Waals surface area contributed by atoms with Crippen LogP contribution in [0.2, 0.25) is 0 Å². The van der Waals surface area contributed by atoms with Gasteiger partial charge in [0.05, 0.1) is 13.2 Å². The molecule has 1 aliphatic carbocycles. The molecule has 86 heavy (non-hydrogen) atoms. The molecule has 0 amide bonds. The Balaban J connectivity index is 0.00000337. The molecule has 9 rings (SSSR count). The van der Waals surface area contributed by atoms with Crippen LogP contribution in [0, 0.1) is 0 Å². The zero-order valence-electron chi connectivity index (χ0n) is 53.1. The van der Waals surface area contributed by atoms with Gasteiger partial charge in [-0.3, -0.25) is 0 Å². The Morgan fingerprint density at radius 3 is 0.663 bits per heavy atom. The summed E-state index contributed by atoms with van der Waals surface area (Å²) in [4.78, 5) is 0. The average molecular weight is 1590 g/mol. The molecule has 0 heterocycles. The van der Waals surface area contributed by atoms with E-state index in [-0.39, 0.29) is 91.2 Å². The summed E-state index contributed by atoms with van der Waals surface area (Å²) in [5.74, 6) is 3.84. The van der Waals surface area contributed by atoms with Crippen molar-refractivity contribution >= 4 is 37.1 Å². The van der Waals surface area contributed by atoms with E-state index in [0.29, 0.717) is 51.6 Å². The number of hydrogen-bond acceptors (Lipinski definition) is 4. The Morgan fingerprint density at radius 1 is 0.302 bits per heavy atom. The van der Waals surface area contributed by atoms with Gasteiger partial charge < -0.3 is 43.8 Å². The second-order valence-electron chi connectivity index (χ2n) is 26.6. The van der Waals surface area contributed by atoms with Crippen molar-refractivity contribution in [3.63, 3.8) is 0 Å². The third kappa shape index (κ3) is 18.1. The van der Waals surface area contributed by atoms with Gasteiger partial charge in [0.25, 0.3) is 0 Å². The maximum atomic E-state index is 7.67. The Bertz CT molecular complexity index is 3040. The van der Waals surface area contributed by atoms with Crippen LogP contribution < -0.4 is 65.0 Å². The maximum Gasteiger partial charge on any atom is 1.00 e. The first-order chi connectivity index (χ1) is 39.1. The molecule has 8 aromatic rings. The molecule has 0 unspecified atom stereocenters. The molecule has 0 spiro atoms. The van der Waals surface area contributed by atoms with E-state index in [0.717, 1.165) is 35.8 Å². The standard InChI is InChI=1S/C76H90O4P2.2Au.2ClH/c1-15-37-77-69-53-39-57-47-63(75(9,10)11)49-59(71(57)79-51-81(65-29-21-17-22-30-65)66-31-23-18-24-32-66)41-55-45-62(74(6,7)8)46-56(70(55)78-38-16-2)42-60-50-64(76(12,13)14)48-58(40-54(69)44-61(43-53)73(3,4)5)72(60)80-52-82(67-33-25-19-26-34-67)68-35-27-20-28-36-68;;;;/h17-36,43-50H,15-16,37-42,51-52H2,1-14H3;;;2*1H/q;2*+1;;/p-2. The van der Waals surface area contributed by atoms with Crippen molar-refractivity contribution in [1.82, 2.24) is 0 Å². The molecule has 0 N–H and O–H groups in total. The third-order valence-corrected chi connectivity index (χ3v) is 20.3. The minimum absolute atomic E-state index is 0. The van der Waals surface area contributed by atoms with Crippen molar-refractivity contribution in [1.29, 1.82) is 0 Å². The van der Waals surface area contributed by atoms with Gasteiger partial charge in [-0.25, -0.2) is 0 Å². The van der Waals surface area contributed by atoms with Crippen LogP contribution in [0.5, 0.6) is 23.0 Å². The summed E-state index contributed by atoms with van der Waals surface area (Å²) in [5.41, 5.74) is 13.9. The Morgan fingerprint density at radius 2 is 0.488 bits per heavy atom. The van der Waals surface area contributed by atoms with E-state index in [4.69, 9.17) is 18.9 Å². The topological polar surface area (TPSA) is 36.9 Å². The van der Waals surface area contributed by atoms with E-state index >= 15 is 0 Å². The normalized spacial score (nSPS) is 12.5. The van der Waals surface area contributed by atoms with E-state index in [1.165, 1.54) is 88.0 Å². The molecular weight excluding hydrogens is 1500 g/mol. The van der Waals surface area contributed by atoms with Crippen molar-refractivity contribution in [2.75, 3.05) is 25.9 Å². The fraction of sp³-hybridized carbons (Fsp3) is 0.368. The number of benzene rings is 8. The molecule has 0 saturated heterocycles. The van der Waals surface area contributed by atoms with Crippen molar-refractivity contribution in [2.24, 2.45) is 0 Å². The van der Waals surface area contributed by atoms with Crippen LogP contribution in [-0.4, -0.2) is 25.9 Å². The second-order valence-corrected chi connectivity index (χ2v) is 30.9. The van der Waals surface area contributed by atoms with E-state index < -0.39 is 15.8 Å². The summed E-state index contributed by atoms with van der Waals surface area (Å²) in [6, 6.07) is 63.5. The van der Waals surface area contributed by atoms with Gasteiger partial charge in [0.1, 0.15) is 35.7 Å². The van der Waals surface area contributed by atoms with Crippen molar-refractivity contribution in [2.45, 2.75) is 157 Å². The molecule has 0 saturated carbocycles. The van der Waals surface area contributed by atoms with Gasteiger partial charge in [0.15, 0.2) is 0 Å². The van der Waals surface area contributed by atoms with Gasteiger partial charge in [-0.2, -0.15) is 0 Å². The molecule has 464 valence electrons. The number of halogens is 2. The van der Waals surface area contributed by atoms with Crippen molar-refractivity contribution < 1.29 is 88.5 Å². The first-order valence-electron chi connectivity index (χ1n) is 30.0. The number of ether oxygens (including phenoxy) is 4. The van der Waals surface area contributed by atoms with Gasteiger partial charge in [-0.05, 0) is 138 Å². The first kappa shape index (κ1) is 72.6. The van der Waals surface area contributed by atoms with Gasteiger partial charge in [0, 0.05) is 25.7 Å². The van der Waals surface area contributed by atoms with E-state index in [1.54, 1.807) is 0 Å². The molecule has 1 aliphatic rings. The fourth-order valence-electron chi connectivity index (χ4n) is 11.1. The quantitative estimate of drug-likeness (QED) is 0.0714. The first-order valence-corrected chi connectivity index (χ1v) is 33.1. The largest absolute Gasteiger partial charge is 1.00 e. The van der Waals surface area contributed by atoms with Gasteiger partial charge >= 0.3 is 44.8 Å². The van der Waals surface area contributed by atoms with Crippen LogP contribution >= 0.6 is 15.8 Å². The molecule has 0 fully saturated rings. The number of fused-ring (bicyclic) bond motifs is 8. The van der Waals surface area contributed by atoms with Crippen LogP contribution in [0.25, 0.3) is 0 Å². The van der Waals surface area contributed by atoms with Gasteiger partial charge in [-0.15, -0.1) is 0 Å². The fourth-order valence-corrected chi connectivity index (χ4v) is 14.9. The molecule has 0 aromatic heterocycles. The average Bonchev–Trinajstić information content (AvgIpc) is 3.46. The molecule has 8 bridgehead atoms. The summed E-state index contributed by atoms with van der Waals surface area (Å²) in [7, 11) is -1.77. The van der Waals surface area contributed by atoms with Crippen molar-refractivity contribution in [3.05, 3.63) is 237 Å². The van der Waals surface area contributed by atoms with Crippen LogP contribution in [-0.2, 0) is 92.1 Å². The predicted octanol–water partition coefficient (Wildman–Crippen LogP) is 12.1. The molecule has 0 aliphatic heterocycles. The third-order valence-electron chi connectivity index (χ3n) is 15.8. The zero-order chi connectivity index (χ0) is 58.4. The summed E-state index contributed by atoms with van der Waals surface area (Å²) in [6.07, 6.45) is 5.33. The molecule has 0 atom stereocenters. The maximum absolute atomic E-state index is 7.67. The summed E-state index contributed by atoms with van der Waals surface area (Å²) >= 11 is 0. The molecular formula is C76H90Au2Cl2O4P2. The minimum atomic E-state index is -0.884. The van der Waals surface area contributed by atoms with Gasteiger partial charge in [0.2, 0.25) is 0 Å². The van der Waals surface area contributed by atoms with Crippen LogP contribution in [0.15, 0.2) is 170 Å². The van der Waals surface area contributed by atoms with E-state index in [2.05, 4.69) is 267 Å².